The first-order chi connectivity index (χ1) is 15.8. The number of rotatable bonds is 9. The van der Waals surface area contributed by atoms with Crippen LogP contribution in [0.25, 0.3) is 0 Å². The molecule has 0 amide bonds. The van der Waals surface area contributed by atoms with E-state index in [4.69, 9.17) is 14.2 Å². The molecule has 1 fully saturated rings. The molecule has 10 heteroatoms. The third-order valence-electron chi connectivity index (χ3n) is 6.07. The van der Waals surface area contributed by atoms with Gasteiger partial charge in [0.1, 0.15) is 11.6 Å². The molecule has 33 heavy (non-hydrogen) atoms. The van der Waals surface area contributed by atoms with Crippen LogP contribution in [0, 0.1) is 5.92 Å². The fourth-order valence-corrected chi connectivity index (χ4v) is 5.87. The largest absolute Gasteiger partial charge is 0.497 e. The van der Waals surface area contributed by atoms with E-state index in [1.807, 2.05) is 13.0 Å². The number of ether oxygens (including phenoxy) is 3. The van der Waals surface area contributed by atoms with Gasteiger partial charge in [0.05, 0.1) is 13.0 Å². The van der Waals surface area contributed by atoms with Gasteiger partial charge in [-0.25, -0.2) is 13.1 Å². The molecule has 0 unspecified atom stereocenters. The minimum absolute atomic E-state index is 0.119. The first-order valence-corrected chi connectivity index (χ1v) is 12.5. The van der Waals surface area contributed by atoms with Gasteiger partial charge in [-0.2, -0.15) is 0 Å². The van der Waals surface area contributed by atoms with Crippen molar-refractivity contribution in [2.45, 2.75) is 25.3 Å². The molecule has 2 aromatic carbocycles. The number of hydrogen-bond acceptors (Lipinski definition) is 7. The molecule has 0 spiro atoms. The normalized spacial score (nSPS) is 22.4. The van der Waals surface area contributed by atoms with Crippen molar-refractivity contribution < 1.29 is 32.5 Å². The van der Waals surface area contributed by atoms with Gasteiger partial charge < -0.3 is 19.3 Å². The fraction of sp³-hybridized carbons (Fsp3) is 0.435. The van der Waals surface area contributed by atoms with Crippen molar-refractivity contribution in [2.24, 2.45) is 5.92 Å². The van der Waals surface area contributed by atoms with E-state index in [1.165, 1.54) is 0 Å². The molecule has 2 N–H and O–H groups in total. The monoisotopic (exact) mass is 476 g/mol. The molecule has 2 aromatic rings. The van der Waals surface area contributed by atoms with E-state index in [2.05, 4.69) is 4.72 Å². The van der Waals surface area contributed by atoms with Crippen molar-refractivity contribution in [3.63, 3.8) is 0 Å². The maximum Gasteiger partial charge on any atom is 0.309 e. The van der Waals surface area contributed by atoms with E-state index < -0.39 is 33.9 Å². The molecule has 0 bridgehead atoms. The summed E-state index contributed by atoms with van der Waals surface area (Å²) in [5.74, 6) is -0.772. The Labute approximate surface area is 193 Å². The van der Waals surface area contributed by atoms with Gasteiger partial charge in [-0.3, -0.25) is 9.69 Å². The number of likely N-dealkylation sites (tertiary alicyclic amines) is 1. The number of fused-ring (bicyclic) bond motifs is 1. The fourth-order valence-electron chi connectivity index (χ4n) is 4.56. The molecule has 178 valence electrons. The molecule has 9 nitrogen and oxygen atoms in total. The van der Waals surface area contributed by atoms with Crippen molar-refractivity contribution in [1.82, 2.24) is 9.62 Å². The SMILES string of the molecule is CCCNS(=O)(=O)CN1C[C@H](c2ccc3c(c2)OCO3)[C@H](C(=O)O)[C@H]1c1ccc(OC)cc1. The average Bonchev–Trinajstić information content (AvgIpc) is 3.41. The van der Waals surface area contributed by atoms with Gasteiger partial charge in [0.15, 0.2) is 11.5 Å². The Balaban J connectivity index is 1.73. The van der Waals surface area contributed by atoms with Crippen LogP contribution in [0.4, 0.5) is 0 Å². The van der Waals surface area contributed by atoms with Crippen LogP contribution in [0.15, 0.2) is 42.5 Å². The van der Waals surface area contributed by atoms with E-state index in [0.717, 1.165) is 11.1 Å². The van der Waals surface area contributed by atoms with E-state index in [1.54, 1.807) is 48.4 Å². The summed E-state index contributed by atoms with van der Waals surface area (Å²) in [7, 11) is -2.08. The number of nitrogens with zero attached hydrogens (tertiary/aromatic N) is 1. The lowest BCUT2D eigenvalue weighted by Gasteiger charge is -2.27. The molecule has 4 rings (SSSR count). The first-order valence-electron chi connectivity index (χ1n) is 10.8. The summed E-state index contributed by atoms with van der Waals surface area (Å²) >= 11 is 0. The number of methoxy groups -OCH3 is 1. The number of carboxylic acid groups (broad SMARTS) is 1. The van der Waals surface area contributed by atoms with Crippen LogP contribution in [0.2, 0.25) is 0 Å². The Morgan fingerprint density at radius 2 is 1.85 bits per heavy atom. The molecule has 0 aromatic heterocycles. The predicted molar refractivity (Wildman–Crippen MR) is 121 cm³/mol. The van der Waals surface area contributed by atoms with Gasteiger partial charge in [0.25, 0.3) is 0 Å². The third kappa shape index (κ3) is 4.92. The van der Waals surface area contributed by atoms with Crippen LogP contribution < -0.4 is 18.9 Å². The Morgan fingerprint density at radius 1 is 1.15 bits per heavy atom. The van der Waals surface area contributed by atoms with Crippen LogP contribution in [-0.2, 0) is 14.8 Å². The first kappa shape index (κ1) is 23.3. The van der Waals surface area contributed by atoms with Crippen molar-refractivity contribution >= 4 is 16.0 Å². The zero-order chi connectivity index (χ0) is 23.6. The lowest BCUT2D eigenvalue weighted by molar-refractivity contribution is -0.143. The average molecular weight is 477 g/mol. The molecule has 3 atom stereocenters. The van der Waals surface area contributed by atoms with Crippen LogP contribution >= 0.6 is 0 Å². The molecule has 1 saturated heterocycles. The highest BCUT2D eigenvalue weighted by molar-refractivity contribution is 7.89. The summed E-state index contributed by atoms with van der Waals surface area (Å²) in [6.45, 7) is 2.60. The Morgan fingerprint density at radius 3 is 2.52 bits per heavy atom. The lowest BCUT2D eigenvalue weighted by atomic mass is 9.83. The van der Waals surface area contributed by atoms with Crippen molar-refractivity contribution in [3.05, 3.63) is 53.6 Å². The predicted octanol–water partition coefficient (Wildman–Crippen LogP) is 2.55. The molecular formula is C23H28N2O7S. The maximum absolute atomic E-state index is 12.7. The zero-order valence-electron chi connectivity index (χ0n) is 18.6. The van der Waals surface area contributed by atoms with Crippen molar-refractivity contribution in [2.75, 3.05) is 32.9 Å². The maximum atomic E-state index is 12.7. The van der Waals surface area contributed by atoms with E-state index in [0.29, 0.717) is 30.2 Å². The topological polar surface area (TPSA) is 114 Å². The number of nitrogens with one attached hydrogen (secondary N) is 1. The van der Waals surface area contributed by atoms with E-state index in [-0.39, 0.29) is 19.2 Å². The number of carbonyl (C=O) groups is 1. The number of carboxylic acids is 1. The Bertz CT molecular complexity index is 1100. The summed E-state index contributed by atoms with van der Waals surface area (Å²) in [6, 6.07) is 11.8. The number of sulfonamides is 1. The summed E-state index contributed by atoms with van der Waals surface area (Å²) in [4.78, 5) is 14.3. The number of hydrogen-bond donors (Lipinski definition) is 2. The summed E-state index contributed by atoms with van der Waals surface area (Å²) in [5.41, 5.74) is 1.49. The minimum Gasteiger partial charge on any atom is -0.497 e. The third-order valence-corrected chi connectivity index (χ3v) is 7.39. The Hall–Kier alpha value is -2.82. The van der Waals surface area contributed by atoms with Gasteiger partial charge in [-0.1, -0.05) is 25.1 Å². The van der Waals surface area contributed by atoms with Gasteiger partial charge in [-0.05, 0) is 41.8 Å². The second kappa shape index (κ2) is 9.58. The molecule has 2 aliphatic rings. The molecule has 0 radical (unpaired) electrons. The molecule has 2 heterocycles. The number of aliphatic carboxylic acids is 1. The molecular weight excluding hydrogens is 448 g/mol. The standard InChI is InChI=1S/C23H28N2O7S/c1-3-10-24-33(28,29)13-25-12-18(16-6-9-19-20(11-16)32-14-31-19)21(23(26)27)22(25)15-4-7-17(30-2)8-5-15/h4-9,11,18,21-22,24H,3,10,12-14H2,1-2H3,(H,26,27)/t18-,21+,22-/m1/s1. The van der Waals surface area contributed by atoms with Crippen molar-refractivity contribution in [1.29, 1.82) is 0 Å². The van der Waals surface area contributed by atoms with E-state index in [9.17, 15) is 18.3 Å². The second-order valence-electron chi connectivity index (χ2n) is 8.21. The van der Waals surface area contributed by atoms with Gasteiger partial charge in [-0.15, -0.1) is 0 Å². The van der Waals surface area contributed by atoms with Crippen molar-refractivity contribution in [3.8, 4) is 17.2 Å². The van der Waals surface area contributed by atoms with Gasteiger partial charge in [0.2, 0.25) is 16.8 Å². The van der Waals surface area contributed by atoms with E-state index >= 15 is 0 Å². The van der Waals surface area contributed by atoms with Gasteiger partial charge >= 0.3 is 5.97 Å². The summed E-state index contributed by atoms with van der Waals surface area (Å²) in [5, 5.41) is 10.3. The lowest BCUT2D eigenvalue weighted by Crippen LogP contribution is -2.38. The zero-order valence-corrected chi connectivity index (χ0v) is 19.4. The Kier molecular flexibility index (Phi) is 6.78. The molecule has 0 saturated carbocycles. The quantitative estimate of drug-likeness (QED) is 0.568. The number of benzene rings is 2. The van der Waals surface area contributed by atoms with Crippen LogP contribution in [-0.4, -0.2) is 57.3 Å². The smallest absolute Gasteiger partial charge is 0.309 e. The second-order valence-corrected chi connectivity index (χ2v) is 9.99. The van der Waals surface area contributed by atoms with Gasteiger partial charge in [0, 0.05) is 25.0 Å². The molecule has 2 aliphatic heterocycles. The highest BCUT2D eigenvalue weighted by Gasteiger charge is 2.48. The molecule has 0 aliphatic carbocycles. The highest BCUT2D eigenvalue weighted by atomic mass is 32.2. The van der Waals surface area contributed by atoms with Crippen LogP contribution in [0.1, 0.15) is 36.4 Å². The highest BCUT2D eigenvalue weighted by Crippen LogP contribution is 2.47. The van der Waals surface area contributed by atoms with Crippen LogP contribution in [0.5, 0.6) is 17.2 Å². The minimum atomic E-state index is -3.63. The summed E-state index contributed by atoms with van der Waals surface area (Å²) < 4.78 is 44.2. The van der Waals surface area contributed by atoms with Crippen LogP contribution in [0.3, 0.4) is 0 Å². The summed E-state index contributed by atoms with van der Waals surface area (Å²) in [6.07, 6.45) is 0.665.